The highest BCUT2D eigenvalue weighted by Gasteiger charge is 2.41. The molecule has 0 aliphatic heterocycles. The van der Waals surface area contributed by atoms with Gasteiger partial charge in [-0.15, -0.1) is 0 Å². The van der Waals surface area contributed by atoms with Crippen LogP contribution in [0.3, 0.4) is 0 Å². The van der Waals surface area contributed by atoms with E-state index in [0.29, 0.717) is 11.6 Å². The standard InChI is InChI=1S/C14H21ClN2O2S/c1-3-8-16-10-11-4-5-12(9-13(11)15)20(18,19)17-14(2)6-7-14/h4-5,9,16-17H,3,6-8,10H2,1-2H3. The predicted molar refractivity (Wildman–Crippen MR) is 81.4 cm³/mol. The molecule has 0 unspecified atom stereocenters. The van der Waals surface area contributed by atoms with E-state index in [9.17, 15) is 8.42 Å². The minimum absolute atomic E-state index is 0.231. The summed E-state index contributed by atoms with van der Waals surface area (Å²) in [5.74, 6) is 0. The van der Waals surface area contributed by atoms with Gasteiger partial charge in [-0.3, -0.25) is 0 Å². The average Bonchev–Trinajstić information content (AvgIpc) is 3.08. The second-order valence-electron chi connectivity index (χ2n) is 5.60. The molecule has 2 N–H and O–H groups in total. The fraction of sp³-hybridized carbons (Fsp3) is 0.571. The molecule has 1 saturated carbocycles. The molecule has 1 aromatic carbocycles. The van der Waals surface area contributed by atoms with Gasteiger partial charge in [0.2, 0.25) is 10.0 Å². The fourth-order valence-electron chi connectivity index (χ4n) is 1.91. The minimum atomic E-state index is -3.47. The molecule has 20 heavy (non-hydrogen) atoms. The van der Waals surface area contributed by atoms with E-state index in [2.05, 4.69) is 17.0 Å². The molecule has 0 heterocycles. The van der Waals surface area contributed by atoms with Crippen LogP contribution in [0.5, 0.6) is 0 Å². The predicted octanol–water partition coefficient (Wildman–Crippen LogP) is 2.67. The van der Waals surface area contributed by atoms with E-state index in [1.165, 1.54) is 6.07 Å². The molecule has 0 atom stereocenters. The maximum atomic E-state index is 12.2. The van der Waals surface area contributed by atoms with Gasteiger partial charge in [-0.1, -0.05) is 24.6 Å². The van der Waals surface area contributed by atoms with Crippen molar-refractivity contribution in [2.75, 3.05) is 6.54 Å². The molecule has 1 aliphatic rings. The molecule has 1 aromatic rings. The summed E-state index contributed by atoms with van der Waals surface area (Å²) in [5, 5.41) is 3.73. The maximum Gasteiger partial charge on any atom is 0.241 e. The summed E-state index contributed by atoms with van der Waals surface area (Å²) in [5.41, 5.74) is 0.642. The quantitative estimate of drug-likeness (QED) is 0.760. The van der Waals surface area contributed by atoms with Crippen molar-refractivity contribution in [3.8, 4) is 0 Å². The van der Waals surface area contributed by atoms with E-state index < -0.39 is 10.0 Å². The topological polar surface area (TPSA) is 58.2 Å². The van der Waals surface area contributed by atoms with Crippen LogP contribution < -0.4 is 10.0 Å². The van der Waals surface area contributed by atoms with Crippen LogP contribution in [0.4, 0.5) is 0 Å². The van der Waals surface area contributed by atoms with Crippen molar-refractivity contribution in [1.29, 1.82) is 0 Å². The molecule has 0 spiro atoms. The van der Waals surface area contributed by atoms with Crippen LogP contribution >= 0.6 is 11.6 Å². The molecule has 0 bridgehead atoms. The Bertz CT molecular complexity index is 583. The minimum Gasteiger partial charge on any atom is -0.313 e. The lowest BCUT2D eigenvalue weighted by Gasteiger charge is -2.13. The molecule has 112 valence electrons. The van der Waals surface area contributed by atoms with Gasteiger partial charge >= 0.3 is 0 Å². The van der Waals surface area contributed by atoms with Gasteiger partial charge in [0.25, 0.3) is 0 Å². The second kappa shape index (κ2) is 6.02. The van der Waals surface area contributed by atoms with Crippen LogP contribution in [0.1, 0.15) is 38.7 Å². The van der Waals surface area contributed by atoms with Crippen molar-refractivity contribution in [3.05, 3.63) is 28.8 Å². The Kier molecular flexibility index (Phi) is 4.74. The number of rotatable bonds is 7. The first-order chi connectivity index (χ1) is 9.36. The van der Waals surface area contributed by atoms with Gasteiger partial charge < -0.3 is 5.32 Å². The van der Waals surface area contributed by atoms with Gasteiger partial charge in [0, 0.05) is 17.1 Å². The molecule has 0 radical (unpaired) electrons. The number of hydrogen-bond donors (Lipinski definition) is 2. The Labute approximate surface area is 126 Å². The third-order valence-corrected chi connectivity index (χ3v) is 5.45. The largest absolute Gasteiger partial charge is 0.313 e. The highest BCUT2D eigenvalue weighted by molar-refractivity contribution is 7.89. The molecule has 1 fully saturated rings. The summed E-state index contributed by atoms with van der Waals surface area (Å²) in [6.07, 6.45) is 2.82. The number of hydrogen-bond acceptors (Lipinski definition) is 3. The maximum absolute atomic E-state index is 12.2. The highest BCUT2D eigenvalue weighted by Crippen LogP contribution is 2.36. The highest BCUT2D eigenvalue weighted by atomic mass is 35.5. The van der Waals surface area contributed by atoms with E-state index in [1.54, 1.807) is 12.1 Å². The molecular weight excluding hydrogens is 296 g/mol. The average molecular weight is 317 g/mol. The Morgan fingerprint density at radius 3 is 2.60 bits per heavy atom. The molecule has 1 aliphatic carbocycles. The van der Waals surface area contributed by atoms with Crippen LogP contribution in [0.15, 0.2) is 23.1 Å². The van der Waals surface area contributed by atoms with Crippen molar-refractivity contribution < 1.29 is 8.42 Å². The van der Waals surface area contributed by atoms with Crippen LogP contribution in [-0.4, -0.2) is 20.5 Å². The summed E-state index contributed by atoms with van der Waals surface area (Å²) in [7, 11) is -3.47. The summed E-state index contributed by atoms with van der Waals surface area (Å²) in [4.78, 5) is 0.231. The summed E-state index contributed by atoms with van der Waals surface area (Å²) >= 11 is 6.17. The van der Waals surface area contributed by atoms with Crippen LogP contribution in [0.2, 0.25) is 5.02 Å². The van der Waals surface area contributed by atoms with Crippen molar-refractivity contribution in [2.24, 2.45) is 0 Å². The van der Waals surface area contributed by atoms with Gasteiger partial charge in [0.05, 0.1) is 4.90 Å². The number of nitrogens with one attached hydrogen (secondary N) is 2. The summed E-state index contributed by atoms with van der Waals surface area (Å²) in [6, 6.07) is 4.91. The van der Waals surface area contributed by atoms with Gasteiger partial charge in [-0.2, -0.15) is 0 Å². The summed E-state index contributed by atoms with van der Waals surface area (Å²) in [6.45, 7) is 5.57. The SMILES string of the molecule is CCCNCc1ccc(S(=O)(=O)NC2(C)CC2)cc1Cl. The molecule has 0 saturated heterocycles. The van der Waals surface area contributed by atoms with Crippen molar-refractivity contribution >= 4 is 21.6 Å². The van der Waals surface area contributed by atoms with E-state index in [0.717, 1.165) is 31.4 Å². The number of benzene rings is 1. The molecule has 0 amide bonds. The molecular formula is C14H21ClN2O2S. The zero-order valence-corrected chi connectivity index (χ0v) is 13.4. The normalized spacial score (nSPS) is 17.1. The third-order valence-electron chi connectivity index (χ3n) is 3.46. The lowest BCUT2D eigenvalue weighted by atomic mass is 10.2. The second-order valence-corrected chi connectivity index (χ2v) is 7.69. The number of halogens is 1. The lowest BCUT2D eigenvalue weighted by Crippen LogP contribution is -2.34. The van der Waals surface area contributed by atoms with Crippen LogP contribution in [0, 0.1) is 0 Å². The lowest BCUT2D eigenvalue weighted by molar-refractivity contribution is 0.558. The van der Waals surface area contributed by atoms with E-state index in [4.69, 9.17) is 11.6 Å². The Morgan fingerprint density at radius 2 is 2.05 bits per heavy atom. The Hall–Kier alpha value is -0.620. The van der Waals surface area contributed by atoms with Gasteiger partial charge in [0.1, 0.15) is 0 Å². The van der Waals surface area contributed by atoms with E-state index in [-0.39, 0.29) is 10.4 Å². The zero-order chi connectivity index (χ0) is 14.8. The van der Waals surface area contributed by atoms with Crippen molar-refractivity contribution in [2.45, 2.75) is 50.1 Å². The summed E-state index contributed by atoms with van der Waals surface area (Å²) < 4.78 is 27.2. The monoisotopic (exact) mass is 316 g/mol. The molecule has 2 rings (SSSR count). The Balaban J connectivity index is 2.11. The Morgan fingerprint density at radius 1 is 1.35 bits per heavy atom. The molecule has 4 nitrogen and oxygen atoms in total. The first-order valence-corrected chi connectivity index (χ1v) is 8.75. The van der Waals surface area contributed by atoms with Crippen LogP contribution in [0.25, 0.3) is 0 Å². The number of sulfonamides is 1. The molecule has 0 aromatic heterocycles. The van der Waals surface area contributed by atoms with E-state index >= 15 is 0 Å². The third kappa shape index (κ3) is 3.95. The molecule has 6 heteroatoms. The first kappa shape index (κ1) is 15.8. The van der Waals surface area contributed by atoms with E-state index in [1.807, 2.05) is 6.92 Å². The zero-order valence-electron chi connectivity index (χ0n) is 11.9. The first-order valence-electron chi connectivity index (χ1n) is 6.89. The smallest absolute Gasteiger partial charge is 0.241 e. The van der Waals surface area contributed by atoms with Crippen molar-refractivity contribution in [1.82, 2.24) is 10.0 Å². The van der Waals surface area contributed by atoms with Gasteiger partial charge in [-0.25, -0.2) is 13.1 Å². The van der Waals surface area contributed by atoms with Crippen molar-refractivity contribution in [3.63, 3.8) is 0 Å². The van der Waals surface area contributed by atoms with Gasteiger partial charge in [0.15, 0.2) is 0 Å². The van der Waals surface area contributed by atoms with Crippen LogP contribution in [-0.2, 0) is 16.6 Å². The fourth-order valence-corrected chi connectivity index (χ4v) is 3.71. The van der Waals surface area contributed by atoms with Gasteiger partial charge in [-0.05, 0) is 50.4 Å².